The van der Waals surface area contributed by atoms with E-state index in [0.717, 1.165) is 29.9 Å². The molecule has 15 heavy (non-hydrogen) atoms. The third-order valence-electron chi connectivity index (χ3n) is 2.87. The quantitative estimate of drug-likeness (QED) is 0.836. The molecule has 1 nitrogen and oxygen atoms in total. The van der Waals surface area contributed by atoms with Gasteiger partial charge in [-0.3, -0.25) is 0 Å². The minimum atomic E-state index is -0.566. The van der Waals surface area contributed by atoms with Gasteiger partial charge in [0.2, 0.25) is 0 Å². The first-order chi connectivity index (χ1) is 7.18. The van der Waals surface area contributed by atoms with Gasteiger partial charge < -0.3 is 5.11 Å². The maximum Gasteiger partial charge on any atom is 0.123 e. The molecule has 1 N–H and O–H groups in total. The van der Waals surface area contributed by atoms with Crippen molar-refractivity contribution in [2.45, 2.75) is 24.9 Å². The number of halogens is 1. The average molecular weight is 226 g/mol. The van der Waals surface area contributed by atoms with Gasteiger partial charge in [-0.15, -0.1) is 0 Å². The Balaban J connectivity index is 2.03. The van der Waals surface area contributed by atoms with Crippen molar-refractivity contribution in [2.24, 2.45) is 0 Å². The van der Waals surface area contributed by atoms with Crippen LogP contribution in [0.3, 0.4) is 0 Å². The summed E-state index contributed by atoms with van der Waals surface area (Å²) in [4.78, 5) is 0. The monoisotopic (exact) mass is 226 g/mol. The van der Waals surface area contributed by atoms with Crippen LogP contribution < -0.4 is 0 Å². The summed E-state index contributed by atoms with van der Waals surface area (Å²) in [6.45, 7) is 0. The Bertz CT molecular complexity index is 317. The van der Waals surface area contributed by atoms with E-state index in [2.05, 4.69) is 0 Å². The molecule has 0 bridgehead atoms. The molecule has 0 radical (unpaired) electrons. The van der Waals surface area contributed by atoms with Crippen LogP contribution in [-0.4, -0.2) is 22.2 Å². The highest BCUT2D eigenvalue weighted by molar-refractivity contribution is 7.99. The first kappa shape index (κ1) is 11.0. The van der Waals surface area contributed by atoms with Crippen molar-refractivity contribution in [3.8, 4) is 0 Å². The van der Waals surface area contributed by atoms with Gasteiger partial charge in [0.1, 0.15) is 5.82 Å². The molecule has 1 aliphatic rings. The zero-order chi connectivity index (χ0) is 10.7. The van der Waals surface area contributed by atoms with Gasteiger partial charge in [-0.2, -0.15) is 11.8 Å². The highest BCUT2D eigenvalue weighted by Gasteiger charge is 2.29. The number of aliphatic hydroxyl groups is 1. The molecule has 0 saturated carbocycles. The molecule has 0 amide bonds. The van der Waals surface area contributed by atoms with Gasteiger partial charge in [-0.1, -0.05) is 12.1 Å². The molecule has 1 fully saturated rings. The van der Waals surface area contributed by atoms with Crippen LogP contribution in [0.1, 0.15) is 18.4 Å². The Morgan fingerprint density at radius 1 is 1.20 bits per heavy atom. The Labute approximate surface area is 93.7 Å². The van der Waals surface area contributed by atoms with Gasteiger partial charge in [-0.05, 0) is 42.0 Å². The molecule has 3 heteroatoms. The number of hydrogen-bond acceptors (Lipinski definition) is 2. The van der Waals surface area contributed by atoms with Crippen LogP contribution in [0.15, 0.2) is 24.3 Å². The number of benzene rings is 1. The SMILES string of the molecule is OC1(Cc2ccc(F)cc2)CCSCC1. The van der Waals surface area contributed by atoms with Gasteiger partial charge in [-0.25, -0.2) is 4.39 Å². The normalized spacial score (nSPS) is 20.1. The van der Waals surface area contributed by atoms with Crippen LogP contribution in [0.2, 0.25) is 0 Å². The number of rotatable bonds is 2. The maximum absolute atomic E-state index is 12.7. The standard InChI is InChI=1S/C12H15FOS/c13-11-3-1-10(2-4-11)9-12(14)5-7-15-8-6-12/h1-4,14H,5-9H2. The maximum atomic E-state index is 12.7. The third-order valence-corrected chi connectivity index (χ3v) is 3.86. The lowest BCUT2D eigenvalue weighted by molar-refractivity contribution is 0.0323. The zero-order valence-corrected chi connectivity index (χ0v) is 9.39. The molecule has 1 aliphatic heterocycles. The van der Waals surface area contributed by atoms with Crippen molar-refractivity contribution in [2.75, 3.05) is 11.5 Å². The van der Waals surface area contributed by atoms with Crippen molar-refractivity contribution < 1.29 is 9.50 Å². The Morgan fingerprint density at radius 3 is 2.40 bits per heavy atom. The predicted molar refractivity (Wildman–Crippen MR) is 61.6 cm³/mol. The summed E-state index contributed by atoms with van der Waals surface area (Å²) in [6, 6.07) is 6.43. The summed E-state index contributed by atoms with van der Waals surface area (Å²) in [7, 11) is 0. The zero-order valence-electron chi connectivity index (χ0n) is 8.58. The van der Waals surface area contributed by atoms with Crippen molar-refractivity contribution in [1.29, 1.82) is 0 Å². The van der Waals surface area contributed by atoms with Crippen LogP contribution in [-0.2, 0) is 6.42 Å². The van der Waals surface area contributed by atoms with Crippen molar-refractivity contribution in [3.63, 3.8) is 0 Å². The Morgan fingerprint density at radius 2 is 1.80 bits per heavy atom. The van der Waals surface area contributed by atoms with Crippen LogP contribution in [0.25, 0.3) is 0 Å². The second-order valence-corrected chi connectivity index (χ2v) is 5.36. The van der Waals surface area contributed by atoms with Crippen LogP contribution in [0, 0.1) is 5.82 Å². The fraction of sp³-hybridized carbons (Fsp3) is 0.500. The fourth-order valence-electron chi connectivity index (χ4n) is 1.91. The third kappa shape index (κ3) is 2.95. The van der Waals surface area contributed by atoms with Crippen molar-refractivity contribution >= 4 is 11.8 Å². The first-order valence-corrected chi connectivity index (χ1v) is 6.38. The fourth-order valence-corrected chi connectivity index (χ4v) is 3.16. The van der Waals surface area contributed by atoms with Gasteiger partial charge in [0.15, 0.2) is 0 Å². The van der Waals surface area contributed by atoms with E-state index < -0.39 is 5.60 Å². The molecule has 1 heterocycles. The van der Waals surface area contributed by atoms with Crippen LogP contribution in [0.4, 0.5) is 4.39 Å². The van der Waals surface area contributed by atoms with Gasteiger partial charge >= 0.3 is 0 Å². The molecule has 0 aromatic heterocycles. The molecule has 82 valence electrons. The summed E-state index contributed by atoms with van der Waals surface area (Å²) >= 11 is 1.89. The van der Waals surface area contributed by atoms with E-state index in [-0.39, 0.29) is 5.82 Å². The van der Waals surface area contributed by atoms with E-state index >= 15 is 0 Å². The highest BCUT2D eigenvalue weighted by atomic mass is 32.2. The van der Waals surface area contributed by atoms with Gasteiger partial charge in [0, 0.05) is 6.42 Å². The molecular weight excluding hydrogens is 211 g/mol. The molecule has 0 spiro atoms. The molecule has 1 saturated heterocycles. The molecule has 0 unspecified atom stereocenters. The molecule has 1 aromatic rings. The van der Waals surface area contributed by atoms with E-state index in [9.17, 15) is 9.50 Å². The Hall–Kier alpha value is -0.540. The van der Waals surface area contributed by atoms with E-state index in [0.29, 0.717) is 6.42 Å². The lowest BCUT2D eigenvalue weighted by Crippen LogP contribution is -2.35. The topological polar surface area (TPSA) is 20.2 Å². The molecule has 0 atom stereocenters. The van der Waals surface area contributed by atoms with Gasteiger partial charge in [0.05, 0.1) is 5.60 Å². The number of thioether (sulfide) groups is 1. The minimum Gasteiger partial charge on any atom is -0.389 e. The summed E-state index contributed by atoms with van der Waals surface area (Å²) in [5.74, 6) is 1.83. The predicted octanol–water partition coefficient (Wildman–Crippen LogP) is 2.63. The van der Waals surface area contributed by atoms with E-state index in [4.69, 9.17) is 0 Å². The molecule has 0 aliphatic carbocycles. The number of hydrogen-bond donors (Lipinski definition) is 1. The first-order valence-electron chi connectivity index (χ1n) is 5.23. The van der Waals surface area contributed by atoms with Crippen LogP contribution >= 0.6 is 11.8 Å². The summed E-state index contributed by atoms with van der Waals surface area (Å²) in [5, 5.41) is 10.3. The molecular formula is C12H15FOS. The summed E-state index contributed by atoms with van der Waals surface area (Å²) in [6.07, 6.45) is 2.33. The summed E-state index contributed by atoms with van der Waals surface area (Å²) < 4.78 is 12.7. The second-order valence-electron chi connectivity index (χ2n) is 4.14. The smallest absolute Gasteiger partial charge is 0.123 e. The van der Waals surface area contributed by atoms with Crippen molar-refractivity contribution in [3.05, 3.63) is 35.6 Å². The highest BCUT2D eigenvalue weighted by Crippen LogP contribution is 2.29. The van der Waals surface area contributed by atoms with E-state index in [1.54, 1.807) is 12.1 Å². The van der Waals surface area contributed by atoms with Gasteiger partial charge in [0.25, 0.3) is 0 Å². The lowest BCUT2D eigenvalue weighted by Gasteiger charge is -2.31. The second kappa shape index (κ2) is 4.54. The largest absolute Gasteiger partial charge is 0.389 e. The molecule has 1 aromatic carbocycles. The summed E-state index contributed by atoms with van der Waals surface area (Å²) in [5.41, 5.74) is 0.453. The lowest BCUT2D eigenvalue weighted by atomic mass is 9.89. The minimum absolute atomic E-state index is 0.218. The average Bonchev–Trinajstić information content (AvgIpc) is 2.22. The van der Waals surface area contributed by atoms with E-state index in [1.165, 1.54) is 12.1 Å². The van der Waals surface area contributed by atoms with Crippen LogP contribution in [0.5, 0.6) is 0 Å². The van der Waals surface area contributed by atoms with Crippen molar-refractivity contribution in [1.82, 2.24) is 0 Å². The van der Waals surface area contributed by atoms with E-state index in [1.807, 2.05) is 11.8 Å². The Kier molecular flexibility index (Phi) is 3.32. The molecule has 2 rings (SSSR count).